The molecule has 0 aromatic carbocycles. The zero-order valence-corrected chi connectivity index (χ0v) is 13.6. The van der Waals surface area contributed by atoms with Gasteiger partial charge in [-0.2, -0.15) is 4.98 Å². The number of halogens is 4. The van der Waals surface area contributed by atoms with Crippen molar-refractivity contribution in [3.05, 3.63) is 29.7 Å². The van der Waals surface area contributed by atoms with Crippen molar-refractivity contribution in [1.29, 1.82) is 0 Å². The summed E-state index contributed by atoms with van der Waals surface area (Å²) in [5.74, 6) is 0.690. The summed E-state index contributed by atoms with van der Waals surface area (Å²) in [6.07, 6.45) is 3.32. The average molecular weight is 511 g/mol. The highest BCUT2D eigenvalue weighted by molar-refractivity contribution is 14.1. The SMILES string of the molecule is Clc1ncc(Br)c(-n2cnc(I)c2I)n1. The van der Waals surface area contributed by atoms with Crippen LogP contribution < -0.4 is 0 Å². The van der Waals surface area contributed by atoms with E-state index in [4.69, 9.17) is 11.6 Å². The molecule has 0 spiro atoms. The summed E-state index contributed by atoms with van der Waals surface area (Å²) >= 11 is 13.5. The fourth-order valence-electron chi connectivity index (χ4n) is 0.966. The van der Waals surface area contributed by atoms with Gasteiger partial charge in [-0.25, -0.2) is 9.97 Å². The number of aromatic nitrogens is 4. The van der Waals surface area contributed by atoms with E-state index in [1.807, 2.05) is 4.57 Å². The Balaban J connectivity index is 2.63. The molecule has 0 saturated heterocycles. The van der Waals surface area contributed by atoms with Crippen LogP contribution in [0.5, 0.6) is 0 Å². The maximum atomic E-state index is 5.74. The number of rotatable bonds is 1. The molecule has 0 N–H and O–H groups in total. The zero-order valence-electron chi connectivity index (χ0n) is 6.96. The Bertz CT molecular complexity index is 516. The Morgan fingerprint density at radius 3 is 2.67 bits per heavy atom. The average Bonchev–Trinajstić information content (AvgIpc) is 2.52. The van der Waals surface area contributed by atoms with E-state index in [0.717, 1.165) is 11.9 Å². The molecule has 0 bridgehead atoms. The van der Waals surface area contributed by atoms with Gasteiger partial charge in [0.25, 0.3) is 0 Å². The lowest BCUT2D eigenvalue weighted by atomic mass is 10.6. The van der Waals surface area contributed by atoms with E-state index < -0.39 is 0 Å². The lowest BCUT2D eigenvalue weighted by molar-refractivity contribution is 0.941. The van der Waals surface area contributed by atoms with Gasteiger partial charge in [0.15, 0.2) is 5.82 Å². The standard InChI is InChI=1S/C7H2BrClI2N4/c8-3-1-12-7(9)14-6(3)15-2-13-4(10)5(15)11/h1-2H. The molecule has 2 aromatic heterocycles. The lowest BCUT2D eigenvalue weighted by Gasteiger charge is -2.05. The first-order valence-corrected chi connectivity index (χ1v) is 6.99. The molecule has 15 heavy (non-hydrogen) atoms. The lowest BCUT2D eigenvalue weighted by Crippen LogP contribution is -2.01. The normalized spacial score (nSPS) is 10.7. The zero-order chi connectivity index (χ0) is 11.0. The third kappa shape index (κ3) is 2.44. The van der Waals surface area contributed by atoms with Gasteiger partial charge in [0.05, 0.1) is 4.47 Å². The molecule has 2 rings (SSSR count). The second-order valence-corrected chi connectivity index (χ2v) is 5.74. The van der Waals surface area contributed by atoms with Crippen LogP contribution in [0, 0.1) is 7.40 Å². The highest BCUT2D eigenvalue weighted by Gasteiger charge is 2.11. The van der Waals surface area contributed by atoms with Crippen LogP contribution in [0.2, 0.25) is 5.28 Å². The van der Waals surface area contributed by atoms with E-state index in [2.05, 4.69) is 76.1 Å². The summed E-state index contributed by atoms with van der Waals surface area (Å²) in [5.41, 5.74) is 0. The third-order valence-electron chi connectivity index (χ3n) is 1.59. The van der Waals surface area contributed by atoms with Gasteiger partial charge in [0.2, 0.25) is 5.28 Å². The predicted octanol–water partition coefficient (Wildman–Crippen LogP) is 3.29. The van der Waals surface area contributed by atoms with Crippen LogP contribution in [-0.4, -0.2) is 19.5 Å². The minimum atomic E-state index is 0.215. The van der Waals surface area contributed by atoms with Crippen molar-refractivity contribution in [3.8, 4) is 5.82 Å². The van der Waals surface area contributed by atoms with Crippen LogP contribution in [0.15, 0.2) is 17.0 Å². The van der Waals surface area contributed by atoms with E-state index in [9.17, 15) is 0 Å². The summed E-state index contributed by atoms with van der Waals surface area (Å²) in [5, 5.41) is 0.215. The first-order valence-electron chi connectivity index (χ1n) is 3.66. The molecule has 0 saturated carbocycles. The fraction of sp³-hybridized carbons (Fsp3) is 0. The van der Waals surface area contributed by atoms with Crippen molar-refractivity contribution in [1.82, 2.24) is 19.5 Å². The molecule has 8 heteroatoms. The number of imidazole rings is 1. The second-order valence-electron chi connectivity index (χ2n) is 2.51. The van der Waals surface area contributed by atoms with E-state index >= 15 is 0 Å². The predicted molar refractivity (Wildman–Crippen MR) is 77.3 cm³/mol. The molecular formula is C7H2BrClI2N4. The van der Waals surface area contributed by atoms with Crippen molar-refractivity contribution in [2.45, 2.75) is 0 Å². The molecular weight excluding hydrogens is 509 g/mol. The van der Waals surface area contributed by atoms with Gasteiger partial charge in [0.1, 0.15) is 13.7 Å². The van der Waals surface area contributed by atoms with Crippen LogP contribution >= 0.6 is 72.7 Å². The Hall–Kier alpha value is 0.520. The summed E-state index contributed by atoms with van der Waals surface area (Å²) < 4.78 is 4.54. The highest BCUT2D eigenvalue weighted by atomic mass is 127. The van der Waals surface area contributed by atoms with Gasteiger partial charge in [-0.05, 0) is 72.7 Å². The van der Waals surface area contributed by atoms with Crippen LogP contribution in [0.1, 0.15) is 0 Å². The Kier molecular flexibility index (Phi) is 3.83. The second kappa shape index (κ2) is 4.80. The molecule has 0 fully saturated rings. The van der Waals surface area contributed by atoms with Crippen molar-refractivity contribution in [3.63, 3.8) is 0 Å². The van der Waals surface area contributed by atoms with Crippen molar-refractivity contribution in [2.75, 3.05) is 0 Å². The van der Waals surface area contributed by atoms with Crippen LogP contribution in [-0.2, 0) is 0 Å². The molecule has 0 aliphatic heterocycles. The first-order chi connectivity index (χ1) is 7.09. The molecule has 78 valence electrons. The first kappa shape index (κ1) is 12.0. The van der Waals surface area contributed by atoms with Crippen molar-refractivity contribution in [2.24, 2.45) is 0 Å². The molecule has 0 atom stereocenters. The van der Waals surface area contributed by atoms with Gasteiger partial charge in [-0.1, -0.05) is 0 Å². The number of nitrogens with zero attached hydrogens (tertiary/aromatic N) is 4. The van der Waals surface area contributed by atoms with Gasteiger partial charge >= 0.3 is 0 Å². The number of hydrogen-bond acceptors (Lipinski definition) is 3. The minimum Gasteiger partial charge on any atom is -0.276 e. The summed E-state index contributed by atoms with van der Waals surface area (Å²) in [7, 11) is 0. The molecule has 2 aromatic rings. The van der Waals surface area contributed by atoms with Crippen molar-refractivity contribution >= 4 is 72.7 Å². The molecule has 0 radical (unpaired) electrons. The molecule has 0 aliphatic rings. The van der Waals surface area contributed by atoms with E-state index in [0.29, 0.717) is 5.82 Å². The summed E-state index contributed by atoms with van der Waals surface area (Å²) in [6, 6.07) is 0. The van der Waals surface area contributed by atoms with Crippen LogP contribution in [0.25, 0.3) is 5.82 Å². The smallest absolute Gasteiger partial charge is 0.224 e. The third-order valence-corrected chi connectivity index (χ3v) is 5.19. The Labute approximate surface area is 126 Å². The van der Waals surface area contributed by atoms with Gasteiger partial charge in [-0.15, -0.1) is 0 Å². The molecule has 0 unspecified atom stereocenters. The van der Waals surface area contributed by atoms with E-state index in [1.54, 1.807) is 12.5 Å². The highest BCUT2D eigenvalue weighted by Crippen LogP contribution is 2.23. The molecule has 4 nitrogen and oxygen atoms in total. The largest absolute Gasteiger partial charge is 0.276 e. The number of hydrogen-bond donors (Lipinski definition) is 0. The Morgan fingerprint density at radius 2 is 2.07 bits per heavy atom. The quantitative estimate of drug-likeness (QED) is 0.436. The summed E-state index contributed by atoms with van der Waals surface area (Å²) in [6.45, 7) is 0. The Morgan fingerprint density at radius 1 is 1.33 bits per heavy atom. The van der Waals surface area contributed by atoms with Crippen LogP contribution in [0.4, 0.5) is 0 Å². The van der Waals surface area contributed by atoms with E-state index in [-0.39, 0.29) is 5.28 Å². The maximum Gasteiger partial charge on any atom is 0.224 e. The summed E-state index contributed by atoms with van der Waals surface area (Å²) in [4.78, 5) is 12.2. The van der Waals surface area contributed by atoms with Gasteiger partial charge in [-0.3, -0.25) is 4.57 Å². The van der Waals surface area contributed by atoms with Gasteiger partial charge in [0, 0.05) is 6.20 Å². The topological polar surface area (TPSA) is 43.6 Å². The monoisotopic (exact) mass is 510 g/mol. The molecule has 0 aliphatic carbocycles. The van der Waals surface area contributed by atoms with E-state index in [1.165, 1.54) is 0 Å². The molecule has 0 amide bonds. The van der Waals surface area contributed by atoms with Crippen LogP contribution in [0.3, 0.4) is 0 Å². The maximum absolute atomic E-state index is 5.74. The van der Waals surface area contributed by atoms with Gasteiger partial charge < -0.3 is 0 Å². The molecule has 2 heterocycles. The van der Waals surface area contributed by atoms with Crippen molar-refractivity contribution < 1.29 is 0 Å². The minimum absolute atomic E-state index is 0.215. The fourth-order valence-corrected chi connectivity index (χ4v) is 2.35.